The third kappa shape index (κ3) is 0.273. The van der Waals surface area contributed by atoms with Gasteiger partial charge >= 0.3 is 0 Å². The summed E-state index contributed by atoms with van der Waals surface area (Å²) in [6.45, 7) is 0.964. The fraction of sp³-hybridized carbons (Fsp3) is 1.00. The van der Waals surface area contributed by atoms with Crippen molar-refractivity contribution in [3.8, 4) is 0 Å². The maximum absolute atomic E-state index is 5.31. The van der Waals surface area contributed by atoms with Crippen LogP contribution in [0, 0.1) is 5.92 Å². The minimum Gasteiger partial charge on any atom is -0.377 e. The van der Waals surface area contributed by atoms with Crippen molar-refractivity contribution in [2.75, 3.05) is 6.61 Å². The van der Waals surface area contributed by atoms with Crippen LogP contribution in [0.4, 0.5) is 0 Å². The van der Waals surface area contributed by atoms with Crippen LogP contribution in [0.25, 0.3) is 0 Å². The van der Waals surface area contributed by atoms with E-state index in [1.54, 1.807) is 0 Å². The van der Waals surface area contributed by atoms with E-state index in [0.717, 1.165) is 12.5 Å². The molecule has 0 spiro atoms. The van der Waals surface area contributed by atoms with Gasteiger partial charge in [-0.15, -0.1) is 0 Å². The Hall–Kier alpha value is -0.0800. The lowest BCUT2D eigenvalue weighted by molar-refractivity contribution is -0.122. The van der Waals surface area contributed by atoms with Gasteiger partial charge < -0.3 is 9.47 Å². The Morgan fingerprint density at radius 1 is 1.25 bits per heavy atom. The largest absolute Gasteiger partial charge is 0.377 e. The van der Waals surface area contributed by atoms with E-state index < -0.39 is 0 Å². The van der Waals surface area contributed by atoms with E-state index in [-0.39, 0.29) is 0 Å². The van der Waals surface area contributed by atoms with Gasteiger partial charge in [0.15, 0.2) is 0 Å². The fourth-order valence-corrected chi connectivity index (χ4v) is 1.84. The Labute approximate surface area is 47.8 Å². The van der Waals surface area contributed by atoms with Crippen LogP contribution < -0.4 is 0 Å². The summed E-state index contributed by atoms with van der Waals surface area (Å²) >= 11 is 0. The van der Waals surface area contributed by atoms with Crippen LogP contribution in [-0.4, -0.2) is 24.9 Å². The highest BCUT2D eigenvalue weighted by Gasteiger charge is 2.60. The minimum atomic E-state index is 0.596. The second-order valence-electron chi connectivity index (χ2n) is 2.91. The molecular weight excluding hydrogens is 104 g/mol. The Bertz CT molecular complexity index is 130. The lowest BCUT2D eigenvalue weighted by Crippen LogP contribution is -2.39. The normalized spacial score (nSPS) is 66.0. The molecule has 8 heavy (non-hydrogen) atoms. The van der Waals surface area contributed by atoms with Crippen LogP contribution in [0.1, 0.15) is 6.42 Å². The topological polar surface area (TPSA) is 21.8 Å². The van der Waals surface area contributed by atoms with Crippen LogP contribution in [0.3, 0.4) is 0 Å². The van der Waals surface area contributed by atoms with E-state index in [0.29, 0.717) is 18.3 Å². The van der Waals surface area contributed by atoms with Gasteiger partial charge in [-0.3, -0.25) is 0 Å². The van der Waals surface area contributed by atoms with E-state index in [1.807, 2.05) is 0 Å². The summed E-state index contributed by atoms with van der Waals surface area (Å²) in [5.74, 6) is 0.792. The molecule has 0 bridgehead atoms. The molecule has 0 amide bonds. The molecule has 2 nitrogen and oxygen atoms in total. The molecule has 3 rings (SSSR count). The minimum absolute atomic E-state index is 0.596. The number of rotatable bonds is 0. The predicted octanol–water partition coefficient (Wildman–Crippen LogP) is 0.172. The highest BCUT2D eigenvalue weighted by Crippen LogP contribution is 2.49. The highest BCUT2D eigenvalue weighted by molar-refractivity contribution is 5.06. The summed E-state index contributed by atoms with van der Waals surface area (Å²) in [6.07, 6.45) is 3.00. The molecule has 1 aliphatic carbocycles. The van der Waals surface area contributed by atoms with Crippen molar-refractivity contribution in [3.05, 3.63) is 0 Å². The number of ether oxygens (including phenoxy) is 2. The molecule has 0 radical (unpaired) electrons. The highest BCUT2D eigenvalue weighted by atomic mass is 16.6. The molecule has 2 saturated heterocycles. The molecule has 0 N–H and O–H groups in total. The van der Waals surface area contributed by atoms with Gasteiger partial charge in [0, 0.05) is 12.3 Å². The average Bonchev–Trinajstić information content (AvgIpc) is 2.34. The van der Waals surface area contributed by atoms with E-state index >= 15 is 0 Å². The average molecular weight is 112 g/mol. The van der Waals surface area contributed by atoms with Gasteiger partial charge in [0.2, 0.25) is 0 Å². The molecule has 44 valence electrons. The van der Waals surface area contributed by atoms with Gasteiger partial charge in [-0.2, -0.15) is 0 Å². The SMILES string of the molecule is C1O[C@H]2C[C@H]3O[C@@H]3[C@@H]12. The zero-order valence-corrected chi connectivity index (χ0v) is 4.54. The van der Waals surface area contributed by atoms with Crippen LogP contribution in [0.2, 0.25) is 0 Å². The third-order valence-electron chi connectivity index (χ3n) is 2.49. The summed E-state index contributed by atoms with van der Waals surface area (Å²) in [6, 6.07) is 0. The van der Waals surface area contributed by atoms with Crippen LogP contribution in [-0.2, 0) is 9.47 Å². The molecule has 0 aromatic rings. The van der Waals surface area contributed by atoms with E-state index in [9.17, 15) is 0 Å². The molecule has 0 aromatic carbocycles. The monoisotopic (exact) mass is 112 g/mol. The van der Waals surface area contributed by atoms with Crippen molar-refractivity contribution in [1.29, 1.82) is 0 Å². The first-order valence-electron chi connectivity index (χ1n) is 3.22. The third-order valence-corrected chi connectivity index (χ3v) is 2.49. The lowest BCUT2D eigenvalue weighted by atomic mass is 10.0. The van der Waals surface area contributed by atoms with Gasteiger partial charge in [-0.1, -0.05) is 0 Å². The smallest absolute Gasteiger partial charge is 0.0917 e. The van der Waals surface area contributed by atoms with E-state index in [2.05, 4.69) is 0 Å². The zero-order chi connectivity index (χ0) is 5.14. The molecular formula is C6H8O2. The number of fused-ring (bicyclic) bond motifs is 3. The molecule has 3 aliphatic rings. The molecule has 2 aliphatic heterocycles. The summed E-state index contributed by atoms with van der Waals surface area (Å²) in [5, 5.41) is 0. The molecule has 3 fully saturated rings. The first-order valence-corrected chi connectivity index (χ1v) is 3.22. The summed E-state index contributed by atoms with van der Waals surface area (Å²) in [4.78, 5) is 0. The second kappa shape index (κ2) is 0.957. The molecule has 2 heterocycles. The predicted molar refractivity (Wildman–Crippen MR) is 26.5 cm³/mol. The van der Waals surface area contributed by atoms with Crippen LogP contribution >= 0.6 is 0 Å². The van der Waals surface area contributed by atoms with Crippen LogP contribution in [0.5, 0.6) is 0 Å². The standard InChI is InChI=1S/C6H8O2/c1-4-3(2-7-4)6-5(1)8-6/h3-6H,1-2H2/t3-,4-,5+,6+/m0/s1. The van der Waals surface area contributed by atoms with Crippen molar-refractivity contribution < 1.29 is 9.47 Å². The lowest BCUT2D eigenvalue weighted by Gasteiger charge is -2.31. The Morgan fingerprint density at radius 2 is 2.25 bits per heavy atom. The van der Waals surface area contributed by atoms with Gasteiger partial charge in [-0.05, 0) is 0 Å². The van der Waals surface area contributed by atoms with Crippen molar-refractivity contribution in [1.82, 2.24) is 0 Å². The van der Waals surface area contributed by atoms with Crippen molar-refractivity contribution in [2.45, 2.75) is 24.7 Å². The number of hydrogen-bond donors (Lipinski definition) is 0. The van der Waals surface area contributed by atoms with Crippen molar-refractivity contribution >= 4 is 0 Å². The molecule has 0 aromatic heterocycles. The number of hydrogen-bond acceptors (Lipinski definition) is 2. The summed E-state index contributed by atoms with van der Waals surface area (Å²) in [5.41, 5.74) is 0. The van der Waals surface area contributed by atoms with Crippen molar-refractivity contribution in [3.63, 3.8) is 0 Å². The quantitative estimate of drug-likeness (QED) is 0.417. The maximum atomic E-state index is 5.31. The van der Waals surface area contributed by atoms with E-state index in [4.69, 9.17) is 9.47 Å². The second-order valence-corrected chi connectivity index (χ2v) is 2.91. The van der Waals surface area contributed by atoms with Crippen LogP contribution in [0.15, 0.2) is 0 Å². The van der Waals surface area contributed by atoms with Gasteiger partial charge in [0.1, 0.15) is 0 Å². The molecule has 0 unspecified atom stereocenters. The summed E-state index contributed by atoms with van der Waals surface area (Å²) in [7, 11) is 0. The van der Waals surface area contributed by atoms with Gasteiger partial charge in [0.05, 0.1) is 24.9 Å². The zero-order valence-electron chi connectivity index (χ0n) is 4.54. The number of epoxide rings is 1. The van der Waals surface area contributed by atoms with Gasteiger partial charge in [0.25, 0.3) is 0 Å². The summed E-state index contributed by atoms with van der Waals surface area (Å²) < 4.78 is 10.6. The van der Waals surface area contributed by atoms with Gasteiger partial charge in [-0.25, -0.2) is 0 Å². The Balaban J connectivity index is 1.92. The Kier molecular flexibility index (Phi) is 0.461. The maximum Gasteiger partial charge on any atom is 0.0917 e. The fourth-order valence-electron chi connectivity index (χ4n) is 1.84. The molecule has 2 heteroatoms. The first kappa shape index (κ1) is 3.85. The van der Waals surface area contributed by atoms with Crippen molar-refractivity contribution in [2.24, 2.45) is 5.92 Å². The first-order chi connectivity index (χ1) is 3.95. The molecule has 1 saturated carbocycles. The Morgan fingerprint density at radius 3 is 2.62 bits per heavy atom. The molecule has 4 atom stereocenters. The van der Waals surface area contributed by atoms with E-state index in [1.165, 1.54) is 6.42 Å².